The molecule has 1 aromatic heterocycles. The molecule has 1 aromatic rings. The maximum atomic E-state index is 11.2. The van der Waals surface area contributed by atoms with Gasteiger partial charge in [0.25, 0.3) is 0 Å². The fourth-order valence-corrected chi connectivity index (χ4v) is 2.31. The van der Waals surface area contributed by atoms with Crippen molar-refractivity contribution in [3.05, 3.63) is 17.2 Å². The van der Waals surface area contributed by atoms with E-state index in [9.17, 15) is 4.79 Å². The van der Waals surface area contributed by atoms with Crippen molar-refractivity contribution in [2.24, 2.45) is 5.41 Å². The van der Waals surface area contributed by atoms with Crippen LogP contribution in [0.5, 0.6) is 0 Å². The normalized spacial score (nSPS) is 14.9. The Morgan fingerprint density at radius 2 is 2.28 bits per heavy atom. The van der Waals surface area contributed by atoms with Crippen molar-refractivity contribution >= 4 is 5.97 Å². The summed E-state index contributed by atoms with van der Waals surface area (Å²) in [6.45, 7) is 4.22. The van der Waals surface area contributed by atoms with Crippen LogP contribution in [0.15, 0.2) is 0 Å². The number of carboxylic acid groups (broad SMARTS) is 1. The van der Waals surface area contributed by atoms with Crippen molar-refractivity contribution in [3.63, 3.8) is 0 Å². The van der Waals surface area contributed by atoms with Crippen LogP contribution in [-0.2, 0) is 24.2 Å². The van der Waals surface area contributed by atoms with Gasteiger partial charge in [0, 0.05) is 13.0 Å². The van der Waals surface area contributed by atoms with Gasteiger partial charge in [0.2, 0.25) is 0 Å². The Balaban J connectivity index is 2.38. The molecule has 0 spiro atoms. The van der Waals surface area contributed by atoms with Crippen LogP contribution in [0.25, 0.3) is 0 Å². The first-order valence-corrected chi connectivity index (χ1v) is 6.17. The predicted molar refractivity (Wildman–Crippen MR) is 65.0 cm³/mol. The second-order valence-electron chi connectivity index (χ2n) is 5.41. The molecule has 5 heteroatoms. The van der Waals surface area contributed by atoms with Gasteiger partial charge in [-0.2, -0.15) is 5.26 Å². The summed E-state index contributed by atoms with van der Waals surface area (Å²) >= 11 is 0. The van der Waals surface area contributed by atoms with E-state index in [1.807, 2.05) is 4.57 Å². The van der Waals surface area contributed by atoms with E-state index in [1.54, 1.807) is 13.8 Å². The number of imidazole rings is 1. The number of fused-ring (bicyclic) bond motifs is 1. The molecule has 0 atom stereocenters. The zero-order valence-electron chi connectivity index (χ0n) is 10.7. The van der Waals surface area contributed by atoms with Crippen molar-refractivity contribution in [3.8, 4) is 6.07 Å². The summed E-state index contributed by atoms with van der Waals surface area (Å²) in [5.74, 6) is -0.109. The van der Waals surface area contributed by atoms with Gasteiger partial charge in [0.15, 0.2) is 5.69 Å². The first kappa shape index (κ1) is 12.6. The lowest BCUT2D eigenvalue weighted by molar-refractivity contribution is -0.146. The number of nitrogens with zero attached hydrogens (tertiary/aromatic N) is 3. The highest BCUT2D eigenvalue weighted by Crippen LogP contribution is 2.26. The van der Waals surface area contributed by atoms with Crippen LogP contribution in [0.1, 0.15) is 43.9 Å². The first-order chi connectivity index (χ1) is 8.45. The summed E-state index contributed by atoms with van der Waals surface area (Å²) in [6.07, 6.45) is 3.36. The van der Waals surface area contributed by atoms with E-state index >= 15 is 0 Å². The molecule has 1 aliphatic heterocycles. The number of carboxylic acids is 1. The standard InChI is InChI=1S/C13H17N3O2/c1-13(2,12(17)18)7-11-15-9(8-14)10-5-3-4-6-16(10)11/h3-7H2,1-2H3,(H,17,18). The fourth-order valence-electron chi connectivity index (χ4n) is 2.31. The van der Waals surface area contributed by atoms with Crippen molar-refractivity contribution in [2.75, 3.05) is 0 Å². The Morgan fingerprint density at radius 3 is 2.89 bits per heavy atom. The van der Waals surface area contributed by atoms with E-state index in [0.717, 1.165) is 37.3 Å². The topological polar surface area (TPSA) is 78.9 Å². The Hall–Kier alpha value is -1.83. The smallest absolute Gasteiger partial charge is 0.309 e. The SMILES string of the molecule is CC(C)(Cc1nc(C#N)c2n1CCCC2)C(=O)O. The summed E-state index contributed by atoms with van der Waals surface area (Å²) in [7, 11) is 0. The molecule has 0 unspecified atom stereocenters. The van der Waals surface area contributed by atoms with E-state index < -0.39 is 11.4 Å². The van der Waals surface area contributed by atoms with Crippen LogP contribution >= 0.6 is 0 Å². The van der Waals surface area contributed by atoms with Crippen LogP contribution in [0.2, 0.25) is 0 Å². The van der Waals surface area contributed by atoms with Crippen LogP contribution in [0.3, 0.4) is 0 Å². The summed E-state index contributed by atoms with van der Waals surface area (Å²) in [5.41, 5.74) is 0.581. The van der Waals surface area contributed by atoms with Gasteiger partial charge in [-0.15, -0.1) is 0 Å². The lowest BCUT2D eigenvalue weighted by atomic mass is 9.89. The van der Waals surface area contributed by atoms with Crippen LogP contribution in [0, 0.1) is 16.7 Å². The molecule has 0 aliphatic carbocycles. The zero-order valence-corrected chi connectivity index (χ0v) is 10.7. The summed E-state index contributed by atoms with van der Waals surface area (Å²) in [6, 6.07) is 2.11. The minimum Gasteiger partial charge on any atom is -0.481 e. The lowest BCUT2D eigenvalue weighted by Crippen LogP contribution is -2.28. The molecule has 18 heavy (non-hydrogen) atoms. The van der Waals surface area contributed by atoms with Gasteiger partial charge in [0.05, 0.1) is 11.1 Å². The molecular formula is C13H17N3O2. The van der Waals surface area contributed by atoms with E-state index in [-0.39, 0.29) is 0 Å². The van der Waals surface area contributed by atoms with Gasteiger partial charge in [0.1, 0.15) is 11.9 Å². The number of aliphatic carboxylic acids is 1. The third-order valence-corrected chi connectivity index (χ3v) is 3.48. The summed E-state index contributed by atoms with van der Waals surface area (Å²) in [5, 5.41) is 18.2. The average Bonchev–Trinajstić information content (AvgIpc) is 2.67. The van der Waals surface area contributed by atoms with Crippen molar-refractivity contribution in [1.82, 2.24) is 9.55 Å². The second kappa shape index (κ2) is 4.45. The van der Waals surface area contributed by atoms with E-state index in [2.05, 4.69) is 11.1 Å². The molecule has 0 saturated heterocycles. The second-order valence-corrected chi connectivity index (χ2v) is 5.41. The molecule has 0 fully saturated rings. The molecule has 2 heterocycles. The summed E-state index contributed by atoms with van der Waals surface area (Å²) < 4.78 is 2.03. The highest BCUT2D eigenvalue weighted by molar-refractivity contribution is 5.73. The van der Waals surface area contributed by atoms with Gasteiger partial charge in [-0.1, -0.05) is 0 Å². The maximum absolute atomic E-state index is 11.2. The Bertz CT molecular complexity index is 523. The molecule has 0 radical (unpaired) electrons. The van der Waals surface area contributed by atoms with Crippen LogP contribution in [-0.4, -0.2) is 20.6 Å². The minimum atomic E-state index is -0.855. The lowest BCUT2D eigenvalue weighted by Gasteiger charge is -2.21. The molecule has 0 amide bonds. The van der Waals surface area contributed by atoms with Gasteiger partial charge in [-0.3, -0.25) is 4.79 Å². The predicted octanol–water partition coefficient (Wildman–Crippen LogP) is 1.74. The molecule has 1 N–H and O–H groups in total. The Morgan fingerprint density at radius 1 is 1.56 bits per heavy atom. The van der Waals surface area contributed by atoms with Crippen LogP contribution in [0.4, 0.5) is 0 Å². The molecule has 1 aliphatic rings. The molecule has 2 rings (SSSR count). The van der Waals surface area contributed by atoms with Gasteiger partial charge < -0.3 is 9.67 Å². The van der Waals surface area contributed by atoms with Crippen molar-refractivity contribution in [1.29, 1.82) is 5.26 Å². The Labute approximate surface area is 106 Å². The number of nitriles is 1. The van der Waals surface area contributed by atoms with Crippen LogP contribution < -0.4 is 0 Å². The van der Waals surface area contributed by atoms with Crippen molar-refractivity contribution in [2.45, 2.75) is 46.1 Å². The van der Waals surface area contributed by atoms with Crippen molar-refractivity contribution < 1.29 is 9.90 Å². The highest BCUT2D eigenvalue weighted by Gasteiger charge is 2.31. The quantitative estimate of drug-likeness (QED) is 0.882. The first-order valence-electron chi connectivity index (χ1n) is 6.17. The van der Waals surface area contributed by atoms with E-state index in [4.69, 9.17) is 10.4 Å². The molecule has 5 nitrogen and oxygen atoms in total. The number of hydrogen-bond acceptors (Lipinski definition) is 3. The zero-order chi connectivity index (χ0) is 13.3. The number of aromatic nitrogens is 2. The van der Waals surface area contributed by atoms with Gasteiger partial charge in [-0.05, 0) is 33.1 Å². The third kappa shape index (κ3) is 2.10. The third-order valence-electron chi connectivity index (χ3n) is 3.48. The fraction of sp³-hybridized carbons (Fsp3) is 0.615. The number of rotatable bonds is 3. The number of carbonyl (C=O) groups is 1. The molecular weight excluding hydrogens is 230 g/mol. The molecule has 96 valence electrons. The summed E-state index contributed by atoms with van der Waals surface area (Å²) in [4.78, 5) is 15.5. The molecule has 0 bridgehead atoms. The number of hydrogen-bond donors (Lipinski definition) is 1. The van der Waals surface area contributed by atoms with Gasteiger partial charge in [-0.25, -0.2) is 4.98 Å². The Kier molecular flexibility index (Phi) is 3.12. The van der Waals surface area contributed by atoms with E-state index in [0.29, 0.717) is 12.1 Å². The highest BCUT2D eigenvalue weighted by atomic mass is 16.4. The monoisotopic (exact) mass is 247 g/mol. The van der Waals surface area contributed by atoms with Gasteiger partial charge >= 0.3 is 5.97 Å². The maximum Gasteiger partial charge on any atom is 0.309 e. The minimum absolute atomic E-state index is 0.358. The molecule has 0 aromatic carbocycles. The van der Waals surface area contributed by atoms with E-state index in [1.165, 1.54) is 0 Å². The largest absolute Gasteiger partial charge is 0.481 e. The molecule has 0 saturated carbocycles. The average molecular weight is 247 g/mol.